The van der Waals surface area contributed by atoms with E-state index in [4.69, 9.17) is 10.5 Å². The summed E-state index contributed by atoms with van der Waals surface area (Å²) >= 11 is 0. The van der Waals surface area contributed by atoms with E-state index >= 15 is 4.39 Å². The van der Waals surface area contributed by atoms with Crippen LogP contribution in [0.15, 0.2) is 30.3 Å². The third kappa shape index (κ3) is 5.01. The number of aliphatic hydroxyl groups is 1. The number of phenolic OH excluding ortho intramolecular Hbond substituents is 1. The third-order valence-corrected chi connectivity index (χ3v) is 5.12. The van der Waals surface area contributed by atoms with E-state index in [0.29, 0.717) is 17.9 Å². The van der Waals surface area contributed by atoms with Crippen LogP contribution in [0.25, 0.3) is 0 Å². The molecule has 1 aliphatic rings. The van der Waals surface area contributed by atoms with E-state index in [1.54, 1.807) is 0 Å². The average Bonchev–Trinajstić information content (AvgIpc) is 2.71. The highest BCUT2D eigenvalue weighted by Gasteiger charge is 2.26. The van der Waals surface area contributed by atoms with E-state index in [1.807, 2.05) is 13.8 Å². The molecule has 0 spiro atoms. The quantitative estimate of drug-likeness (QED) is 0.319. The number of hydrogen-bond donors (Lipinski definition) is 5. The Labute approximate surface area is 179 Å². The fourth-order valence-corrected chi connectivity index (χ4v) is 3.63. The molecule has 1 amide bonds. The molecule has 0 saturated carbocycles. The van der Waals surface area contributed by atoms with Gasteiger partial charge in [-0.2, -0.15) is 0 Å². The predicted octanol–water partition coefficient (Wildman–Crippen LogP) is 2.19. The Morgan fingerprint density at radius 3 is 2.77 bits per heavy atom. The van der Waals surface area contributed by atoms with Gasteiger partial charge in [0.15, 0.2) is 12.4 Å². The minimum Gasteiger partial charge on any atom is -0.507 e. The van der Waals surface area contributed by atoms with Crippen LogP contribution in [0.4, 0.5) is 10.1 Å². The molecule has 1 heterocycles. The van der Waals surface area contributed by atoms with Gasteiger partial charge in [-0.25, -0.2) is 4.39 Å². The molecule has 8 nitrogen and oxygen atoms in total. The summed E-state index contributed by atoms with van der Waals surface area (Å²) in [6, 6.07) is 6.39. The highest BCUT2D eigenvalue weighted by atomic mass is 19.1. The van der Waals surface area contributed by atoms with Crippen molar-refractivity contribution in [3.8, 4) is 11.5 Å². The van der Waals surface area contributed by atoms with Crippen molar-refractivity contribution in [3.05, 3.63) is 52.8 Å². The van der Waals surface area contributed by atoms with Crippen LogP contribution >= 0.6 is 0 Å². The van der Waals surface area contributed by atoms with E-state index in [-0.39, 0.29) is 36.1 Å². The van der Waals surface area contributed by atoms with Crippen molar-refractivity contribution < 1.29 is 28.9 Å². The lowest BCUT2D eigenvalue weighted by Gasteiger charge is -2.24. The lowest BCUT2D eigenvalue weighted by molar-refractivity contribution is -0.118. The second-order valence-electron chi connectivity index (χ2n) is 7.57. The van der Waals surface area contributed by atoms with Gasteiger partial charge in [0, 0.05) is 29.6 Å². The van der Waals surface area contributed by atoms with Crippen molar-refractivity contribution in [2.75, 3.05) is 11.9 Å². The number of halogens is 1. The van der Waals surface area contributed by atoms with Crippen LogP contribution < -0.4 is 21.1 Å². The number of aliphatic hydroxyl groups excluding tert-OH is 1. The number of nitrogens with two attached hydrogens (primary N) is 1. The Morgan fingerprint density at radius 2 is 2.10 bits per heavy atom. The second kappa shape index (κ2) is 9.42. The number of benzene rings is 2. The van der Waals surface area contributed by atoms with Crippen LogP contribution in [0.5, 0.6) is 11.5 Å². The third-order valence-electron chi connectivity index (χ3n) is 5.12. The molecule has 0 aliphatic carbocycles. The molecule has 2 aromatic carbocycles. The zero-order valence-electron chi connectivity index (χ0n) is 17.3. The zero-order chi connectivity index (χ0) is 22.7. The van der Waals surface area contributed by atoms with Crippen LogP contribution in [0, 0.1) is 5.82 Å². The van der Waals surface area contributed by atoms with Gasteiger partial charge in [0.25, 0.3) is 5.91 Å². The van der Waals surface area contributed by atoms with Gasteiger partial charge >= 0.3 is 0 Å². The highest BCUT2D eigenvalue weighted by Crippen LogP contribution is 2.33. The summed E-state index contributed by atoms with van der Waals surface area (Å²) < 4.78 is 20.7. The predicted molar refractivity (Wildman–Crippen MR) is 113 cm³/mol. The van der Waals surface area contributed by atoms with Gasteiger partial charge in [-0.15, -0.1) is 0 Å². The molecule has 1 aliphatic heterocycles. The Kier molecular flexibility index (Phi) is 6.89. The van der Waals surface area contributed by atoms with Crippen molar-refractivity contribution in [2.45, 2.75) is 45.0 Å². The largest absolute Gasteiger partial charge is 0.507 e. The number of carbonyl (C=O) groups excluding carboxylic acids is 2. The number of nitrogens with one attached hydrogen (secondary N) is 2. The van der Waals surface area contributed by atoms with Crippen LogP contribution in [-0.2, 0) is 4.79 Å². The minimum absolute atomic E-state index is 0.113. The molecule has 166 valence electrons. The summed E-state index contributed by atoms with van der Waals surface area (Å²) in [5, 5.41) is 25.4. The molecule has 0 radical (unpaired) electrons. The molecular weight excluding hydrogens is 405 g/mol. The van der Waals surface area contributed by atoms with E-state index in [0.717, 1.165) is 0 Å². The number of phenols is 1. The fraction of sp³-hybridized carbons (Fsp3) is 0.364. The van der Waals surface area contributed by atoms with Gasteiger partial charge in [-0.3, -0.25) is 9.59 Å². The molecule has 3 atom stereocenters. The van der Waals surface area contributed by atoms with Gasteiger partial charge < -0.3 is 31.3 Å². The van der Waals surface area contributed by atoms with E-state index in [1.165, 1.54) is 30.3 Å². The molecule has 0 aromatic heterocycles. The summed E-state index contributed by atoms with van der Waals surface area (Å²) in [6.45, 7) is 3.49. The number of hydrogen-bond acceptors (Lipinski definition) is 7. The van der Waals surface area contributed by atoms with Crippen LogP contribution in [0.2, 0.25) is 0 Å². The molecule has 0 fully saturated rings. The van der Waals surface area contributed by atoms with Gasteiger partial charge in [0.1, 0.15) is 29.1 Å². The molecule has 2 aromatic rings. The SMILES string of the molecule is CC[C@@H](N[C@@H](C)CC(N)O)c1ccc(O)c(C(=O)c2ccc3c(c2)OCC(=O)N3)c1F. The monoisotopic (exact) mass is 431 g/mol. The smallest absolute Gasteiger partial charge is 0.262 e. The molecule has 6 N–H and O–H groups in total. The van der Waals surface area contributed by atoms with Crippen LogP contribution in [0.1, 0.15) is 54.2 Å². The van der Waals surface area contributed by atoms with Crippen molar-refractivity contribution in [3.63, 3.8) is 0 Å². The number of ketones is 1. The number of carbonyl (C=O) groups is 2. The van der Waals surface area contributed by atoms with Crippen LogP contribution in [0.3, 0.4) is 0 Å². The van der Waals surface area contributed by atoms with Crippen LogP contribution in [-0.4, -0.2) is 40.8 Å². The molecule has 0 bridgehead atoms. The molecule has 0 saturated heterocycles. The van der Waals surface area contributed by atoms with Crippen molar-refractivity contribution in [1.82, 2.24) is 5.32 Å². The number of rotatable bonds is 8. The maximum Gasteiger partial charge on any atom is 0.262 e. The molecular formula is C22H26FN3O5. The van der Waals surface area contributed by atoms with E-state index in [9.17, 15) is 19.8 Å². The van der Waals surface area contributed by atoms with E-state index < -0.39 is 35.2 Å². The highest BCUT2D eigenvalue weighted by molar-refractivity contribution is 6.11. The fourth-order valence-electron chi connectivity index (χ4n) is 3.63. The summed E-state index contributed by atoms with van der Waals surface area (Å²) in [5.74, 6) is -2.02. The van der Waals surface area contributed by atoms with E-state index in [2.05, 4.69) is 10.6 Å². The maximum absolute atomic E-state index is 15.4. The summed E-state index contributed by atoms with van der Waals surface area (Å²) in [5.41, 5.74) is 5.73. The first kappa shape index (κ1) is 22.7. The summed E-state index contributed by atoms with van der Waals surface area (Å²) in [6.07, 6.45) is -0.224. The number of ether oxygens (including phenoxy) is 1. The van der Waals surface area contributed by atoms with Crippen molar-refractivity contribution in [1.29, 1.82) is 0 Å². The average molecular weight is 431 g/mol. The van der Waals surface area contributed by atoms with Gasteiger partial charge in [0.05, 0.1) is 5.69 Å². The number of aromatic hydroxyl groups is 1. The number of fused-ring (bicyclic) bond motifs is 1. The normalized spacial score (nSPS) is 16.0. The minimum atomic E-state index is -1.00. The number of amides is 1. The first-order valence-electron chi connectivity index (χ1n) is 10.0. The van der Waals surface area contributed by atoms with Crippen molar-refractivity contribution >= 4 is 17.4 Å². The first-order chi connectivity index (χ1) is 14.7. The lowest BCUT2D eigenvalue weighted by atomic mass is 9.94. The van der Waals surface area contributed by atoms with Crippen molar-refractivity contribution in [2.24, 2.45) is 5.73 Å². The van der Waals surface area contributed by atoms with Gasteiger partial charge in [-0.05, 0) is 37.6 Å². The lowest BCUT2D eigenvalue weighted by Crippen LogP contribution is -2.36. The zero-order valence-corrected chi connectivity index (χ0v) is 17.3. The molecule has 3 rings (SSSR count). The summed E-state index contributed by atoms with van der Waals surface area (Å²) in [4.78, 5) is 24.5. The Morgan fingerprint density at radius 1 is 1.35 bits per heavy atom. The molecule has 9 heteroatoms. The first-order valence-corrected chi connectivity index (χ1v) is 10.0. The topological polar surface area (TPSA) is 134 Å². The molecule has 31 heavy (non-hydrogen) atoms. The van der Waals surface area contributed by atoms with Gasteiger partial charge in [-0.1, -0.05) is 13.0 Å². The second-order valence-corrected chi connectivity index (χ2v) is 7.57. The Hall–Kier alpha value is -3.01. The summed E-state index contributed by atoms with van der Waals surface area (Å²) in [7, 11) is 0. The molecule has 1 unspecified atom stereocenters. The Balaban J connectivity index is 1.93. The number of anilines is 1. The maximum atomic E-state index is 15.4. The Bertz CT molecular complexity index is 995. The van der Waals surface area contributed by atoms with Gasteiger partial charge in [0.2, 0.25) is 0 Å². The standard InChI is InChI=1S/C22H26FN3O5/c1-3-14(25-11(2)8-18(24)28)13-5-7-16(27)20(21(13)23)22(30)12-4-6-15-17(9-12)31-10-19(29)26-15/h4-7,9,11,14,18,25,27-28H,3,8,10,24H2,1-2H3,(H,26,29)/t11-,14+,18?/m0/s1.